The van der Waals surface area contributed by atoms with Crippen molar-refractivity contribution in [3.05, 3.63) is 42.3 Å². The zero-order chi connectivity index (χ0) is 20.9. The first-order chi connectivity index (χ1) is 14.6. The summed E-state index contributed by atoms with van der Waals surface area (Å²) in [5.74, 6) is 2.49. The Hall–Kier alpha value is -2.60. The summed E-state index contributed by atoms with van der Waals surface area (Å²) in [5.41, 5.74) is 1.55. The number of hydrogen-bond acceptors (Lipinski definition) is 6. The van der Waals surface area contributed by atoms with Gasteiger partial charge in [-0.3, -0.25) is 14.8 Å². The van der Waals surface area contributed by atoms with Crippen molar-refractivity contribution in [2.45, 2.75) is 51.9 Å². The first-order valence-corrected chi connectivity index (χ1v) is 10.8. The Labute approximate surface area is 177 Å². The lowest BCUT2D eigenvalue weighted by molar-refractivity contribution is -0.123. The van der Waals surface area contributed by atoms with Gasteiger partial charge in [0.1, 0.15) is 11.5 Å². The molecule has 1 aliphatic carbocycles. The molecule has 6 heteroatoms. The summed E-state index contributed by atoms with van der Waals surface area (Å²) in [6.45, 7) is 2.64. The second-order valence-corrected chi connectivity index (χ2v) is 8.33. The number of nitrogens with zero attached hydrogens (tertiary/aromatic N) is 3. The van der Waals surface area contributed by atoms with Gasteiger partial charge in [0.05, 0.1) is 6.20 Å². The number of carbonyl (C=O) groups excluding carboxylic acids is 1. The number of aryl methyl sites for hydroxylation is 1. The molecule has 1 fully saturated rings. The maximum Gasteiger partial charge on any atom is 0.191 e. The molecule has 0 N–H and O–H groups in total. The van der Waals surface area contributed by atoms with E-state index >= 15 is 0 Å². The fourth-order valence-corrected chi connectivity index (χ4v) is 4.41. The number of fused-ring (bicyclic) bond motifs is 1. The lowest BCUT2D eigenvalue weighted by Gasteiger charge is -2.27. The zero-order valence-corrected chi connectivity index (χ0v) is 17.8. The maximum absolute atomic E-state index is 12.9. The van der Waals surface area contributed by atoms with Crippen LogP contribution in [0.15, 0.2) is 35.1 Å². The Balaban J connectivity index is 1.39. The average Bonchev–Trinajstić information content (AvgIpc) is 3.20. The van der Waals surface area contributed by atoms with E-state index in [-0.39, 0.29) is 5.92 Å². The molecule has 0 spiro atoms. The number of ketones is 1. The van der Waals surface area contributed by atoms with Crippen molar-refractivity contribution in [1.82, 2.24) is 15.0 Å². The second kappa shape index (κ2) is 9.47. The van der Waals surface area contributed by atoms with Crippen LogP contribution in [-0.2, 0) is 16.0 Å². The number of pyridine rings is 2. The molecule has 6 nitrogen and oxygen atoms in total. The van der Waals surface area contributed by atoms with Gasteiger partial charge in [-0.15, -0.1) is 0 Å². The van der Waals surface area contributed by atoms with E-state index in [1.54, 1.807) is 25.7 Å². The predicted molar refractivity (Wildman–Crippen MR) is 115 cm³/mol. The maximum atomic E-state index is 12.9. The molecular weight excluding hydrogens is 378 g/mol. The minimum atomic E-state index is 0.173. The fourth-order valence-electron chi connectivity index (χ4n) is 4.41. The summed E-state index contributed by atoms with van der Waals surface area (Å²) < 4.78 is 10.7. The number of rotatable bonds is 8. The Morgan fingerprint density at radius 1 is 1.07 bits per heavy atom. The van der Waals surface area contributed by atoms with Crippen molar-refractivity contribution in [3.8, 4) is 11.5 Å². The summed E-state index contributed by atoms with van der Waals surface area (Å²) in [7, 11) is 1.75. The molecule has 0 unspecified atom stereocenters. The molecule has 0 radical (unpaired) electrons. The van der Waals surface area contributed by atoms with Gasteiger partial charge in [0, 0.05) is 56.5 Å². The topological polar surface area (TPSA) is 78.1 Å². The first-order valence-electron chi connectivity index (χ1n) is 10.8. The second-order valence-electron chi connectivity index (χ2n) is 8.33. The molecule has 0 atom stereocenters. The minimum absolute atomic E-state index is 0.173. The molecule has 0 aromatic carbocycles. The lowest BCUT2D eigenvalue weighted by atomic mass is 9.77. The van der Waals surface area contributed by atoms with Crippen LogP contribution in [0.2, 0.25) is 0 Å². The van der Waals surface area contributed by atoms with Crippen LogP contribution in [0.25, 0.3) is 22.2 Å². The van der Waals surface area contributed by atoms with Crippen molar-refractivity contribution in [1.29, 1.82) is 0 Å². The van der Waals surface area contributed by atoms with E-state index < -0.39 is 0 Å². The Morgan fingerprint density at radius 3 is 2.60 bits per heavy atom. The van der Waals surface area contributed by atoms with Gasteiger partial charge in [0.2, 0.25) is 0 Å². The van der Waals surface area contributed by atoms with Gasteiger partial charge in [-0.1, -0.05) is 0 Å². The first kappa shape index (κ1) is 20.7. The van der Waals surface area contributed by atoms with Crippen LogP contribution >= 0.6 is 0 Å². The van der Waals surface area contributed by atoms with Crippen LogP contribution in [-0.4, -0.2) is 34.5 Å². The third-order valence-electron chi connectivity index (χ3n) is 6.15. The molecule has 1 saturated carbocycles. The van der Waals surface area contributed by atoms with Crippen LogP contribution in [0.4, 0.5) is 0 Å². The van der Waals surface area contributed by atoms with Gasteiger partial charge in [-0.25, -0.2) is 4.98 Å². The summed E-state index contributed by atoms with van der Waals surface area (Å²) in [6, 6.07) is 3.97. The molecule has 3 heterocycles. The molecule has 0 amide bonds. The Bertz CT molecular complexity index is 1010. The van der Waals surface area contributed by atoms with E-state index in [9.17, 15) is 4.79 Å². The Kier molecular flexibility index (Phi) is 6.53. The van der Waals surface area contributed by atoms with Crippen LogP contribution in [0.1, 0.15) is 50.1 Å². The molecule has 158 valence electrons. The van der Waals surface area contributed by atoms with Crippen molar-refractivity contribution in [3.63, 3.8) is 0 Å². The molecule has 30 heavy (non-hydrogen) atoms. The minimum Gasteiger partial charge on any atom is -0.439 e. The van der Waals surface area contributed by atoms with Crippen LogP contribution in [0, 0.1) is 18.8 Å². The smallest absolute Gasteiger partial charge is 0.191 e. The van der Waals surface area contributed by atoms with Crippen LogP contribution in [0.5, 0.6) is 0 Å². The van der Waals surface area contributed by atoms with Crippen molar-refractivity contribution in [2.75, 3.05) is 13.7 Å². The quantitative estimate of drug-likeness (QED) is 0.492. The molecular formula is C24H29N3O3. The highest BCUT2D eigenvalue weighted by atomic mass is 16.5. The van der Waals surface area contributed by atoms with Gasteiger partial charge in [0.15, 0.2) is 11.7 Å². The SMILES string of the molecule is COCCCC1CCC(C(=O)Cc2cc3cc(-c4cnc(C)o4)ncc3cn2)CC1. The third kappa shape index (κ3) is 4.93. The van der Waals surface area contributed by atoms with Crippen molar-refractivity contribution < 1.29 is 13.9 Å². The van der Waals surface area contributed by atoms with Gasteiger partial charge < -0.3 is 9.15 Å². The highest BCUT2D eigenvalue weighted by Gasteiger charge is 2.26. The molecule has 0 aliphatic heterocycles. The third-order valence-corrected chi connectivity index (χ3v) is 6.15. The van der Waals surface area contributed by atoms with Gasteiger partial charge in [-0.2, -0.15) is 0 Å². The zero-order valence-electron chi connectivity index (χ0n) is 17.8. The van der Waals surface area contributed by atoms with Gasteiger partial charge in [-0.05, 0) is 62.0 Å². The molecule has 3 aromatic rings. The van der Waals surface area contributed by atoms with Crippen LogP contribution < -0.4 is 0 Å². The number of ether oxygens (including phenoxy) is 1. The monoisotopic (exact) mass is 407 g/mol. The lowest BCUT2D eigenvalue weighted by Crippen LogP contribution is -2.23. The number of aromatic nitrogens is 3. The molecule has 1 aliphatic rings. The number of hydrogen-bond donors (Lipinski definition) is 0. The van der Waals surface area contributed by atoms with Gasteiger partial charge >= 0.3 is 0 Å². The molecule has 0 saturated heterocycles. The van der Waals surface area contributed by atoms with E-state index in [4.69, 9.17) is 9.15 Å². The van der Waals surface area contributed by atoms with Crippen molar-refractivity contribution in [2.24, 2.45) is 11.8 Å². The summed E-state index contributed by atoms with van der Waals surface area (Å²) in [4.78, 5) is 25.9. The van der Waals surface area contributed by atoms with E-state index in [0.29, 0.717) is 23.9 Å². The summed E-state index contributed by atoms with van der Waals surface area (Å²) >= 11 is 0. The van der Waals surface area contributed by atoms with Crippen LogP contribution in [0.3, 0.4) is 0 Å². The summed E-state index contributed by atoms with van der Waals surface area (Å²) in [5, 5.41) is 1.96. The summed E-state index contributed by atoms with van der Waals surface area (Å²) in [6.07, 6.45) is 12.3. The van der Waals surface area contributed by atoms with E-state index in [1.807, 2.05) is 19.1 Å². The van der Waals surface area contributed by atoms with E-state index in [1.165, 1.54) is 6.42 Å². The fraction of sp³-hybridized carbons (Fsp3) is 0.500. The normalized spacial score (nSPS) is 19.3. The highest BCUT2D eigenvalue weighted by molar-refractivity contribution is 5.87. The van der Waals surface area contributed by atoms with E-state index in [0.717, 1.165) is 66.8 Å². The van der Waals surface area contributed by atoms with E-state index in [2.05, 4.69) is 15.0 Å². The molecule has 3 aromatic heterocycles. The highest BCUT2D eigenvalue weighted by Crippen LogP contribution is 2.32. The van der Waals surface area contributed by atoms with Crippen molar-refractivity contribution >= 4 is 16.6 Å². The number of oxazole rings is 1. The number of Topliss-reactive ketones (excluding diaryl/α,β-unsaturated/α-hetero) is 1. The molecule has 4 rings (SSSR count). The largest absolute Gasteiger partial charge is 0.439 e. The standard InChI is InChI=1S/C24H29N3O3/c1-16-25-15-24(30-16)22-11-19-10-21(26-13-20(19)14-27-22)12-23(28)18-7-5-17(6-8-18)4-3-9-29-2/h10-11,13-15,17-18H,3-9,12H2,1-2H3. The molecule has 0 bridgehead atoms. The predicted octanol–water partition coefficient (Wildman–Crippen LogP) is 4.94. The Morgan fingerprint density at radius 2 is 1.87 bits per heavy atom. The number of carbonyl (C=O) groups is 1. The number of methoxy groups -OCH3 is 1. The van der Waals surface area contributed by atoms with Gasteiger partial charge in [0.25, 0.3) is 0 Å². The average molecular weight is 408 g/mol.